The number of fused-ring (bicyclic) bond motifs is 1. The molecule has 0 saturated carbocycles. The van der Waals surface area contributed by atoms with Gasteiger partial charge in [0, 0.05) is 23.0 Å². The van der Waals surface area contributed by atoms with E-state index in [2.05, 4.69) is 26.8 Å². The average molecular weight is 268 g/mol. The van der Waals surface area contributed by atoms with Crippen LogP contribution in [0.25, 0.3) is 0 Å². The van der Waals surface area contributed by atoms with E-state index >= 15 is 0 Å². The molecule has 0 spiro atoms. The van der Waals surface area contributed by atoms with E-state index in [0.29, 0.717) is 5.75 Å². The van der Waals surface area contributed by atoms with Crippen LogP contribution in [0, 0.1) is 5.92 Å². The number of aromatic hydroxyl groups is 1. The lowest BCUT2D eigenvalue weighted by molar-refractivity contribution is 0.0256. The Morgan fingerprint density at radius 2 is 1.55 bits per heavy atom. The molecule has 2 unspecified atom stereocenters. The van der Waals surface area contributed by atoms with Crippen LogP contribution < -0.4 is 4.74 Å². The Hall–Kier alpha value is -1.96. The molecular weight excluding hydrogens is 248 g/mol. The topological polar surface area (TPSA) is 29.5 Å². The monoisotopic (exact) mass is 268 g/mol. The van der Waals surface area contributed by atoms with Crippen LogP contribution in [0.5, 0.6) is 11.5 Å². The van der Waals surface area contributed by atoms with Crippen LogP contribution >= 0.6 is 0 Å². The quantitative estimate of drug-likeness (QED) is 0.834. The summed E-state index contributed by atoms with van der Waals surface area (Å²) in [5.74, 6) is 1.70. The first-order chi connectivity index (χ1) is 9.50. The van der Waals surface area contributed by atoms with Gasteiger partial charge in [-0.05, 0) is 26.0 Å². The van der Waals surface area contributed by atoms with Crippen LogP contribution in [0.3, 0.4) is 0 Å². The molecule has 0 radical (unpaired) electrons. The lowest BCUT2D eigenvalue weighted by Crippen LogP contribution is -2.43. The molecule has 1 heterocycles. The summed E-state index contributed by atoms with van der Waals surface area (Å²) in [6.45, 7) is 6.41. The lowest BCUT2D eigenvalue weighted by atomic mass is 9.72. The summed E-state index contributed by atoms with van der Waals surface area (Å²) in [7, 11) is 0. The molecule has 0 amide bonds. The fourth-order valence-electron chi connectivity index (χ4n) is 3.06. The highest BCUT2D eigenvalue weighted by Crippen LogP contribution is 2.49. The minimum atomic E-state index is -0.263. The standard InChI is InChI=1S/C18H20O2/c1-12-17(13-8-4-6-10-15(13)19)14-9-5-7-11-16(14)20-18(12,2)3/h4-12,17,19H,1-3H3. The predicted octanol–water partition coefficient (Wildman–Crippen LogP) is 4.33. The fourth-order valence-corrected chi connectivity index (χ4v) is 3.06. The highest BCUT2D eigenvalue weighted by atomic mass is 16.5. The molecule has 2 nitrogen and oxygen atoms in total. The summed E-state index contributed by atoms with van der Waals surface area (Å²) >= 11 is 0. The molecule has 0 bridgehead atoms. The molecule has 1 N–H and O–H groups in total. The van der Waals surface area contributed by atoms with E-state index in [4.69, 9.17) is 4.74 Å². The molecule has 0 aliphatic carbocycles. The molecule has 104 valence electrons. The Kier molecular flexibility index (Phi) is 2.97. The summed E-state index contributed by atoms with van der Waals surface area (Å²) < 4.78 is 6.14. The smallest absolute Gasteiger partial charge is 0.123 e. The van der Waals surface area contributed by atoms with Gasteiger partial charge in [-0.1, -0.05) is 43.3 Å². The SMILES string of the molecule is CC1C(c2ccccc2O)c2ccccc2OC1(C)C. The Bertz CT molecular complexity index is 631. The van der Waals surface area contributed by atoms with Gasteiger partial charge >= 0.3 is 0 Å². The second-order valence-corrected chi connectivity index (χ2v) is 6.07. The molecule has 0 aromatic heterocycles. The summed E-state index contributed by atoms with van der Waals surface area (Å²) in [4.78, 5) is 0. The van der Waals surface area contributed by atoms with E-state index < -0.39 is 0 Å². The molecule has 2 atom stereocenters. The minimum Gasteiger partial charge on any atom is -0.508 e. The van der Waals surface area contributed by atoms with Crippen LogP contribution in [-0.2, 0) is 0 Å². The van der Waals surface area contributed by atoms with Crippen LogP contribution in [0.2, 0.25) is 0 Å². The largest absolute Gasteiger partial charge is 0.508 e. The van der Waals surface area contributed by atoms with Gasteiger partial charge < -0.3 is 9.84 Å². The van der Waals surface area contributed by atoms with Gasteiger partial charge in [0.05, 0.1) is 0 Å². The van der Waals surface area contributed by atoms with Crippen molar-refractivity contribution in [3.63, 3.8) is 0 Å². The molecule has 1 aliphatic heterocycles. The second-order valence-electron chi connectivity index (χ2n) is 6.07. The predicted molar refractivity (Wildman–Crippen MR) is 80.3 cm³/mol. The summed E-state index contributed by atoms with van der Waals surface area (Å²) in [5.41, 5.74) is 1.87. The number of hydrogen-bond donors (Lipinski definition) is 1. The molecule has 2 aromatic rings. The number of benzene rings is 2. The average Bonchev–Trinajstić information content (AvgIpc) is 2.41. The highest BCUT2D eigenvalue weighted by Gasteiger charge is 2.42. The number of ether oxygens (including phenoxy) is 1. The molecule has 2 aromatic carbocycles. The van der Waals surface area contributed by atoms with Crippen molar-refractivity contribution in [3.8, 4) is 11.5 Å². The van der Waals surface area contributed by atoms with Crippen LogP contribution in [0.4, 0.5) is 0 Å². The van der Waals surface area contributed by atoms with Crippen LogP contribution in [0.15, 0.2) is 48.5 Å². The Morgan fingerprint density at radius 3 is 2.25 bits per heavy atom. The van der Waals surface area contributed by atoms with E-state index in [1.807, 2.05) is 36.4 Å². The van der Waals surface area contributed by atoms with Gasteiger partial charge in [-0.15, -0.1) is 0 Å². The summed E-state index contributed by atoms with van der Waals surface area (Å²) in [5, 5.41) is 10.2. The summed E-state index contributed by atoms with van der Waals surface area (Å²) in [6, 6.07) is 15.7. The van der Waals surface area contributed by atoms with Gasteiger partial charge in [0.15, 0.2) is 0 Å². The zero-order valence-corrected chi connectivity index (χ0v) is 12.1. The molecule has 2 heteroatoms. The third-order valence-corrected chi connectivity index (χ3v) is 4.50. The van der Waals surface area contributed by atoms with Crippen molar-refractivity contribution in [3.05, 3.63) is 59.7 Å². The van der Waals surface area contributed by atoms with Crippen molar-refractivity contribution in [2.24, 2.45) is 5.92 Å². The maximum Gasteiger partial charge on any atom is 0.123 e. The van der Waals surface area contributed by atoms with Gasteiger partial charge in [-0.25, -0.2) is 0 Å². The van der Waals surface area contributed by atoms with Crippen LogP contribution in [0.1, 0.15) is 37.8 Å². The molecule has 0 fully saturated rings. The van der Waals surface area contributed by atoms with E-state index in [9.17, 15) is 5.11 Å². The van der Waals surface area contributed by atoms with E-state index in [1.165, 1.54) is 0 Å². The summed E-state index contributed by atoms with van der Waals surface area (Å²) in [6.07, 6.45) is 0. The van der Waals surface area contributed by atoms with Gasteiger partial charge in [-0.2, -0.15) is 0 Å². The van der Waals surface area contributed by atoms with Crippen molar-refractivity contribution in [1.82, 2.24) is 0 Å². The first-order valence-electron chi connectivity index (χ1n) is 7.06. The Balaban J connectivity index is 2.20. The van der Waals surface area contributed by atoms with Crippen molar-refractivity contribution in [2.75, 3.05) is 0 Å². The first-order valence-corrected chi connectivity index (χ1v) is 7.06. The molecule has 1 aliphatic rings. The number of rotatable bonds is 1. The van der Waals surface area contributed by atoms with E-state index in [-0.39, 0.29) is 17.4 Å². The number of phenolic OH excluding ortho intramolecular Hbond substituents is 1. The van der Waals surface area contributed by atoms with Gasteiger partial charge in [0.25, 0.3) is 0 Å². The lowest BCUT2D eigenvalue weighted by Gasteiger charge is -2.43. The number of para-hydroxylation sites is 2. The van der Waals surface area contributed by atoms with Crippen molar-refractivity contribution >= 4 is 0 Å². The van der Waals surface area contributed by atoms with E-state index in [0.717, 1.165) is 16.9 Å². The molecule has 0 saturated heterocycles. The molecule has 20 heavy (non-hydrogen) atoms. The van der Waals surface area contributed by atoms with Crippen molar-refractivity contribution in [1.29, 1.82) is 0 Å². The van der Waals surface area contributed by atoms with Gasteiger partial charge in [0.2, 0.25) is 0 Å². The van der Waals surface area contributed by atoms with Crippen molar-refractivity contribution < 1.29 is 9.84 Å². The van der Waals surface area contributed by atoms with E-state index in [1.54, 1.807) is 6.07 Å². The zero-order valence-electron chi connectivity index (χ0n) is 12.1. The molecule has 3 rings (SSSR count). The van der Waals surface area contributed by atoms with Crippen molar-refractivity contribution in [2.45, 2.75) is 32.3 Å². The highest BCUT2D eigenvalue weighted by molar-refractivity contribution is 5.49. The molecular formula is C18H20O2. The fraction of sp³-hybridized carbons (Fsp3) is 0.333. The minimum absolute atomic E-state index is 0.149. The maximum atomic E-state index is 10.2. The Morgan fingerprint density at radius 1 is 0.950 bits per heavy atom. The number of phenols is 1. The normalized spacial score (nSPS) is 23.8. The third-order valence-electron chi connectivity index (χ3n) is 4.50. The second kappa shape index (κ2) is 4.55. The van der Waals surface area contributed by atoms with Crippen LogP contribution in [-0.4, -0.2) is 10.7 Å². The maximum absolute atomic E-state index is 10.2. The van der Waals surface area contributed by atoms with Gasteiger partial charge in [0.1, 0.15) is 17.1 Å². The Labute approximate surface area is 120 Å². The third kappa shape index (κ3) is 1.96. The zero-order chi connectivity index (χ0) is 14.3. The number of hydrogen-bond acceptors (Lipinski definition) is 2. The van der Waals surface area contributed by atoms with Gasteiger partial charge in [-0.3, -0.25) is 0 Å². The first kappa shape index (κ1) is 13.0.